The Balaban J connectivity index is 2.79. The Hall–Kier alpha value is -1.56. The molecule has 1 aromatic rings. The number of aromatic nitrogens is 1. The van der Waals surface area contributed by atoms with E-state index < -0.39 is 0 Å². The molecule has 0 unspecified atom stereocenters. The molecule has 1 N–H and O–H groups in total. The van der Waals surface area contributed by atoms with E-state index >= 15 is 0 Å². The van der Waals surface area contributed by atoms with E-state index in [9.17, 15) is 0 Å². The van der Waals surface area contributed by atoms with Gasteiger partial charge in [-0.3, -0.25) is 0 Å². The van der Waals surface area contributed by atoms with Crippen molar-refractivity contribution < 1.29 is 0 Å². The van der Waals surface area contributed by atoms with Crippen LogP contribution in [0.3, 0.4) is 0 Å². The summed E-state index contributed by atoms with van der Waals surface area (Å²) in [5, 5.41) is 12.4. The van der Waals surface area contributed by atoms with E-state index in [4.69, 9.17) is 5.26 Å². The van der Waals surface area contributed by atoms with Crippen molar-refractivity contribution in [3.8, 4) is 6.07 Å². The standard InChI is InChI=1S/C15H23N3/c1-10(2)14(11(3)4)9-17-15-13(8-16)7-6-12(5)18-15/h6-7,10-11,14H,9H2,1-5H3,(H,17,18). The Morgan fingerprint density at radius 2 is 1.83 bits per heavy atom. The fourth-order valence-corrected chi connectivity index (χ4v) is 2.24. The Kier molecular flexibility index (Phi) is 5.15. The van der Waals surface area contributed by atoms with Gasteiger partial charge in [0.25, 0.3) is 0 Å². The van der Waals surface area contributed by atoms with Gasteiger partial charge in [-0.05, 0) is 36.8 Å². The topological polar surface area (TPSA) is 48.7 Å². The second-order valence-electron chi connectivity index (χ2n) is 5.49. The Labute approximate surface area is 110 Å². The van der Waals surface area contributed by atoms with E-state index in [2.05, 4.69) is 44.1 Å². The molecule has 0 spiro atoms. The van der Waals surface area contributed by atoms with Gasteiger partial charge in [0.1, 0.15) is 11.9 Å². The van der Waals surface area contributed by atoms with E-state index in [1.165, 1.54) is 0 Å². The summed E-state index contributed by atoms with van der Waals surface area (Å²) < 4.78 is 0. The minimum atomic E-state index is 0.582. The van der Waals surface area contributed by atoms with Crippen LogP contribution in [0.5, 0.6) is 0 Å². The second-order valence-corrected chi connectivity index (χ2v) is 5.49. The van der Waals surface area contributed by atoms with Crippen molar-refractivity contribution in [2.45, 2.75) is 34.6 Å². The maximum absolute atomic E-state index is 9.06. The summed E-state index contributed by atoms with van der Waals surface area (Å²) in [5.74, 6) is 2.53. The molecule has 0 aliphatic rings. The molecule has 0 saturated heterocycles. The number of pyridine rings is 1. The fourth-order valence-electron chi connectivity index (χ4n) is 2.24. The van der Waals surface area contributed by atoms with Crippen molar-refractivity contribution in [3.05, 3.63) is 23.4 Å². The van der Waals surface area contributed by atoms with E-state index in [1.54, 1.807) is 0 Å². The van der Waals surface area contributed by atoms with Crippen molar-refractivity contribution in [2.24, 2.45) is 17.8 Å². The summed E-state index contributed by atoms with van der Waals surface area (Å²) in [7, 11) is 0. The normalized spacial score (nSPS) is 11.1. The molecule has 0 aromatic carbocycles. The first-order valence-corrected chi connectivity index (χ1v) is 6.57. The molecule has 98 valence electrons. The number of aryl methyl sites for hydroxylation is 1. The van der Waals surface area contributed by atoms with Gasteiger partial charge in [-0.25, -0.2) is 4.98 Å². The van der Waals surface area contributed by atoms with Crippen LogP contribution < -0.4 is 5.32 Å². The smallest absolute Gasteiger partial charge is 0.144 e. The minimum absolute atomic E-state index is 0.582. The van der Waals surface area contributed by atoms with Crippen molar-refractivity contribution >= 4 is 5.82 Å². The average molecular weight is 245 g/mol. The molecule has 0 bridgehead atoms. The summed E-state index contributed by atoms with van der Waals surface area (Å²) in [6.07, 6.45) is 0. The van der Waals surface area contributed by atoms with Crippen LogP contribution in [-0.2, 0) is 0 Å². The first-order valence-electron chi connectivity index (χ1n) is 6.57. The van der Waals surface area contributed by atoms with Crippen molar-refractivity contribution in [1.82, 2.24) is 4.98 Å². The van der Waals surface area contributed by atoms with Gasteiger partial charge in [0, 0.05) is 12.2 Å². The molecule has 0 saturated carbocycles. The molecule has 0 aliphatic heterocycles. The molecule has 0 fully saturated rings. The van der Waals surface area contributed by atoms with Gasteiger partial charge >= 0.3 is 0 Å². The number of hydrogen-bond donors (Lipinski definition) is 1. The van der Waals surface area contributed by atoms with Gasteiger partial charge in [0.05, 0.1) is 5.56 Å². The zero-order valence-corrected chi connectivity index (χ0v) is 12.0. The van der Waals surface area contributed by atoms with Crippen LogP contribution in [0.15, 0.2) is 12.1 Å². The molecule has 1 aromatic heterocycles. The predicted molar refractivity (Wildman–Crippen MR) is 75.3 cm³/mol. The summed E-state index contributed by atoms with van der Waals surface area (Å²) in [5.41, 5.74) is 1.55. The number of nitrogens with one attached hydrogen (secondary N) is 1. The highest BCUT2D eigenvalue weighted by Gasteiger charge is 2.17. The number of anilines is 1. The lowest BCUT2D eigenvalue weighted by Gasteiger charge is -2.25. The van der Waals surface area contributed by atoms with Crippen LogP contribution in [0.25, 0.3) is 0 Å². The zero-order chi connectivity index (χ0) is 13.7. The largest absolute Gasteiger partial charge is 0.369 e. The first-order chi connectivity index (χ1) is 8.45. The van der Waals surface area contributed by atoms with Gasteiger partial charge in [-0.1, -0.05) is 27.7 Å². The molecule has 0 aliphatic carbocycles. The van der Waals surface area contributed by atoms with Crippen LogP contribution in [0.1, 0.15) is 39.0 Å². The highest BCUT2D eigenvalue weighted by molar-refractivity contribution is 5.52. The molecule has 3 nitrogen and oxygen atoms in total. The number of hydrogen-bond acceptors (Lipinski definition) is 3. The van der Waals surface area contributed by atoms with Crippen molar-refractivity contribution in [1.29, 1.82) is 5.26 Å². The van der Waals surface area contributed by atoms with E-state index in [0.717, 1.165) is 12.2 Å². The summed E-state index contributed by atoms with van der Waals surface area (Å²) >= 11 is 0. The van der Waals surface area contributed by atoms with Gasteiger partial charge in [0.15, 0.2) is 0 Å². The monoisotopic (exact) mass is 245 g/mol. The summed E-state index contributed by atoms with van der Waals surface area (Å²) in [6, 6.07) is 5.87. The van der Waals surface area contributed by atoms with Crippen LogP contribution in [0.4, 0.5) is 5.82 Å². The Bertz CT molecular complexity index is 422. The molecule has 18 heavy (non-hydrogen) atoms. The average Bonchev–Trinajstić information content (AvgIpc) is 2.28. The van der Waals surface area contributed by atoms with E-state index in [0.29, 0.717) is 29.1 Å². The van der Waals surface area contributed by atoms with Crippen LogP contribution >= 0.6 is 0 Å². The zero-order valence-electron chi connectivity index (χ0n) is 12.0. The third-order valence-corrected chi connectivity index (χ3v) is 3.37. The molecular formula is C15H23N3. The van der Waals surface area contributed by atoms with Crippen molar-refractivity contribution in [3.63, 3.8) is 0 Å². The number of nitrogens with zero attached hydrogens (tertiary/aromatic N) is 2. The number of nitriles is 1. The van der Waals surface area contributed by atoms with Crippen LogP contribution in [0, 0.1) is 36.0 Å². The number of rotatable bonds is 5. The van der Waals surface area contributed by atoms with Gasteiger partial charge in [-0.2, -0.15) is 5.26 Å². The quantitative estimate of drug-likeness (QED) is 0.862. The van der Waals surface area contributed by atoms with E-state index in [-0.39, 0.29) is 0 Å². The first kappa shape index (κ1) is 14.5. The highest BCUT2D eigenvalue weighted by Crippen LogP contribution is 2.21. The Morgan fingerprint density at radius 1 is 1.22 bits per heavy atom. The second kappa shape index (κ2) is 6.39. The third-order valence-electron chi connectivity index (χ3n) is 3.37. The lowest BCUT2D eigenvalue weighted by molar-refractivity contribution is 0.304. The minimum Gasteiger partial charge on any atom is -0.369 e. The highest BCUT2D eigenvalue weighted by atomic mass is 15.0. The SMILES string of the molecule is Cc1ccc(C#N)c(NCC(C(C)C)C(C)C)n1. The molecule has 1 heterocycles. The molecule has 0 radical (unpaired) electrons. The summed E-state index contributed by atoms with van der Waals surface area (Å²) in [4.78, 5) is 4.40. The molecule has 1 rings (SSSR count). The molecular weight excluding hydrogens is 222 g/mol. The van der Waals surface area contributed by atoms with Crippen molar-refractivity contribution in [2.75, 3.05) is 11.9 Å². The maximum Gasteiger partial charge on any atom is 0.144 e. The molecule has 0 amide bonds. The van der Waals surface area contributed by atoms with E-state index in [1.807, 2.05) is 19.1 Å². The molecule has 0 atom stereocenters. The lowest BCUT2D eigenvalue weighted by Crippen LogP contribution is -2.25. The predicted octanol–water partition coefficient (Wildman–Crippen LogP) is 3.60. The Morgan fingerprint density at radius 3 is 2.33 bits per heavy atom. The maximum atomic E-state index is 9.06. The van der Waals surface area contributed by atoms with Gasteiger partial charge in [-0.15, -0.1) is 0 Å². The molecule has 3 heteroatoms. The third kappa shape index (κ3) is 3.73. The lowest BCUT2D eigenvalue weighted by atomic mass is 9.85. The summed E-state index contributed by atoms with van der Waals surface area (Å²) in [6.45, 7) is 11.8. The van der Waals surface area contributed by atoms with Gasteiger partial charge in [0.2, 0.25) is 0 Å². The van der Waals surface area contributed by atoms with Gasteiger partial charge < -0.3 is 5.32 Å². The van der Waals surface area contributed by atoms with Crippen LogP contribution in [0.2, 0.25) is 0 Å². The fraction of sp³-hybridized carbons (Fsp3) is 0.600. The van der Waals surface area contributed by atoms with Crippen LogP contribution in [-0.4, -0.2) is 11.5 Å².